The van der Waals surface area contributed by atoms with E-state index in [0.29, 0.717) is 28.5 Å². The van der Waals surface area contributed by atoms with Crippen molar-refractivity contribution in [3.05, 3.63) is 42.1 Å². The third kappa shape index (κ3) is 3.55. The molecule has 0 spiro atoms. The van der Waals surface area contributed by atoms with E-state index in [1.807, 2.05) is 18.2 Å². The Morgan fingerprint density at radius 2 is 1.76 bits per heavy atom. The second-order valence-corrected chi connectivity index (χ2v) is 6.98. The Morgan fingerprint density at radius 1 is 1.00 bits per heavy atom. The number of ether oxygens (including phenoxy) is 3. The molecule has 0 bridgehead atoms. The highest BCUT2D eigenvalue weighted by Crippen LogP contribution is 2.41. The number of nitrogens with one attached hydrogen (secondary N) is 2. The molecule has 0 atom stereocenters. The van der Waals surface area contributed by atoms with Crippen molar-refractivity contribution >= 4 is 28.2 Å². The zero-order valence-electron chi connectivity index (χ0n) is 16.9. The Kier molecular flexibility index (Phi) is 5.20. The summed E-state index contributed by atoms with van der Waals surface area (Å²) in [5.74, 6) is 1.43. The summed E-state index contributed by atoms with van der Waals surface area (Å²) in [5.41, 5.74) is 2.95. The average molecular weight is 395 g/mol. The number of nitrogens with zero attached hydrogens (tertiary/aromatic N) is 1. The van der Waals surface area contributed by atoms with Gasteiger partial charge in [0.05, 0.1) is 26.8 Å². The number of hydrogen-bond donors (Lipinski definition) is 2. The first-order valence-corrected chi connectivity index (χ1v) is 9.62. The molecule has 7 heteroatoms. The van der Waals surface area contributed by atoms with Gasteiger partial charge in [-0.25, -0.2) is 0 Å². The number of hydrogen-bond acceptors (Lipinski definition) is 5. The van der Waals surface area contributed by atoms with Gasteiger partial charge in [-0.05, 0) is 37.1 Å². The molecule has 4 rings (SSSR count). The van der Waals surface area contributed by atoms with Crippen molar-refractivity contribution in [2.75, 3.05) is 44.6 Å². The number of benzene rings is 2. The smallest absolute Gasteiger partial charge is 0.272 e. The Labute approximate surface area is 169 Å². The Balaban J connectivity index is 1.64. The van der Waals surface area contributed by atoms with Crippen molar-refractivity contribution in [2.24, 2.45) is 0 Å². The van der Waals surface area contributed by atoms with Crippen LogP contribution < -0.4 is 24.4 Å². The lowest BCUT2D eigenvalue weighted by Gasteiger charge is -2.18. The molecule has 0 unspecified atom stereocenters. The lowest BCUT2D eigenvalue weighted by Crippen LogP contribution is -2.18. The largest absolute Gasteiger partial charge is 0.496 e. The molecule has 1 aliphatic heterocycles. The number of carbonyl (C=O) groups is 1. The highest BCUT2D eigenvalue weighted by Gasteiger charge is 2.20. The van der Waals surface area contributed by atoms with Crippen LogP contribution in [0.1, 0.15) is 23.3 Å². The van der Waals surface area contributed by atoms with Gasteiger partial charge in [0.1, 0.15) is 11.4 Å². The van der Waals surface area contributed by atoms with E-state index >= 15 is 0 Å². The van der Waals surface area contributed by atoms with Crippen molar-refractivity contribution in [1.82, 2.24) is 4.98 Å². The SMILES string of the molecule is COc1cc(OC)c2cc(C(=O)Nc3cccc(N4CCCC4)c3)[nH]c2c1OC. The molecule has 0 radical (unpaired) electrons. The topological polar surface area (TPSA) is 75.8 Å². The van der Waals surface area contributed by atoms with Gasteiger partial charge in [-0.15, -0.1) is 0 Å². The molecule has 2 N–H and O–H groups in total. The van der Waals surface area contributed by atoms with Crippen molar-refractivity contribution in [3.8, 4) is 17.2 Å². The maximum atomic E-state index is 12.9. The second kappa shape index (κ2) is 7.95. The van der Waals surface area contributed by atoms with E-state index in [4.69, 9.17) is 14.2 Å². The number of aromatic amines is 1. The third-order valence-corrected chi connectivity index (χ3v) is 5.26. The van der Waals surface area contributed by atoms with Crippen LogP contribution >= 0.6 is 0 Å². The zero-order valence-corrected chi connectivity index (χ0v) is 16.9. The van der Waals surface area contributed by atoms with E-state index in [-0.39, 0.29) is 5.91 Å². The number of methoxy groups -OCH3 is 3. The van der Waals surface area contributed by atoms with Gasteiger partial charge in [0.15, 0.2) is 11.5 Å². The molecule has 3 aromatic rings. The van der Waals surface area contributed by atoms with Gasteiger partial charge >= 0.3 is 0 Å². The molecule has 1 amide bonds. The van der Waals surface area contributed by atoms with Crippen LogP contribution in [-0.2, 0) is 0 Å². The fraction of sp³-hybridized carbons (Fsp3) is 0.318. The molecule has 2 aromatic carbocycles. The van der Waals surface area contributed by atoms with Gasteiger partial charge in [0, 0.05) is 35.9 Å². The summed E-state index contributed by atoms with van der Waals surface area (Å²) in [7, 11) is 4.71. The highest BCUT2D eigenvalue weighted by atomic mass is 16.5. The minimum absolute atomic E-state index is 0.233. The van der Waals surface area contributed by atoms with Crippen LogP contribution in [0.4, 0.5) is 11.4 Å². The Morgan fingerprint density at radius 3 is 2.45 bits per heavy atom. The fourth-order valence-corrected chi connectivity index (χ4v) is 3.81. The minimum atomic E-state index is -0.233. The number of H-pyrrole nitrogens is 1. The standard InChI is InChI=1S/C22H25N3O4/c1-27-18-13-19(28-2)21(29-3)20-16(18)12-17(24-20)22(26)23-14-7-6-8-15(11-14)25-9-4-5-10-25/h6-8,11-13,24H,4-5,9-10H2,1-3H3,(H,23,26). The number of fused-ring (bicyclic) bond motifs is 1. The Hall–Kier alpha value is -3.35. The quantitative estimate of drug-likeness (QED) is 0.659. The molecule has 152 valence electrons. The van der Waals surface area contributed by atoms with Gasteiger partial charge in [-0.1, -0.05) is 6.07 Å². The molecule has 1 aliphatic rings. The van der Waals surface area contributed by atoms with Gasteiger partial charge in [-0.3, -0.25) is 4.79 Å². The van der Waals surface area contributed by atoms with Gasteiger partial charge in [0.2, 0.25) is 0 Å². The summed E-state index contributed by atoms with van der Waals surface area (Å²) in [6.07, 6.45) is 2.41. The molecule has 1 aromatic heterocycles. The van der Waals surface area contributed by atoms with Crippen LogP contribution in [0.2, 0.25) is 0 Å². The number of anilines is 2. The molecule has 0 aliphatic carbocycles. The van der Waals surface area contributed by atoms with E-state index in [2.05, 4.69) is 21.3 Å². The van der Waals surface area contributed by atoms with Crippen LogP contribution in [0.3, 0.4) is 0 Å². The minimum Gasteiger partial charge on any atom is -0.496 e. The van der Waals surface area contributed by atoms with Crippen LogP contribution in [0.25, 0.3) is 10.9 Å². The molecule has 0 saturated carbocycles. The lowest BCUT2D eigenvalue weighted by molar-refractivity contribution is 0.102. The second-order valence-electron chi connectivity index (χ2n) is 6.98. The molecule has 1 fully saturated rings. The fourth-order valence-electron chi connectivity index (χ4n) is 3.81. The van der Waals surface area contributed by atoms with Crippen LogP contribution in [0.5, 0.6) is 17.2 Å². The summed E-state index contributed by atoms with van der Waals surface area (Å²) in [4.78, 5) is 18.4. The summed E-state index contributed by atoms with van der Waals surface area (Å²) in [6, 6.07) is 11.4. The molecule has 29 heavy (non-hydrogen) atoms. The molecular weight excluding hydrogens is 370 g/mol. The number of amides is 1. The van der Waals surface area contributed by atoms with Crippen molar-refractivity contribution in [3.63, 3.8) is 0 Å². The zero-order chi connectivity index (χ0) is 20.4. The summed E-state index contributed by atoms with van der Waals surface area (Å²) >= 11 is 0. The summed E-state index contributed by atoms with van der Waals surface area (Å²) in [6.45, 7) is 2.11. The normalized spacial score (nSPS) is 13.6. The Bertz CT molecular complexity index is 1040. The maximum Gasteiger partial charge on any atom is 0.272 e. The van der Waals surface area contributed by atoms with E-state index in [1.54, 1.807) is 33.5 Å². The predicted octanol–water partition coefficient (Wildman–Crippen LogP) is 4.05. The molecule has 7 nitrogen and oxygen atoms in total. The van der Waals surface area contributed by atoms with Crippen LogP contribution in [-0.4, -0.2) is 45.3 Å². The molecule has 1 saturated heterocycles. The van der Waals surface area contributed by atoms with E-state index in [1.165, 1.54) is 12.8 Å². The lowest BCUT2D eigenvalue weighted by atomic mass is 10.2. The summed E-state index contributed by atoms with van der Waals surface area (Å²) < 4.78 is 16.3. The first kappa shape index (κ1) is 19.0. The maximum absolute atomic E-state index is 12.9. The van der Waals surface area contributed by atoms with E-state index < -0.39 is 0 Å². The molecule has 2 heterocycles. The van der Waals surface area contributed by atoms with Crippen molar-refractivity contribution < 1.29 is 19.0 Å². The van der Waals surface area contributed by atoms with Crippen molar-refractivity contribution in [1.29, 1.82) is 0 Å². The van der Waals surface area contributed by atoms with Gasteiger partial charge in [0.25, 0.3) is 5.91 Å². The predicted molar refractivity (Wildman–Crippen MR) is 114 cm³/mol. The monoisotopic (exact) mass is 395 g/mol. The third-order valence-electron chi connectivity index (χ3n) is 5.26. The number of rotatable bonds is 6. The van der Waals surface area contributed by atoms with Gasteiger partial charge in [-0.2, -0.15) is 0 Å². The first-order valence-electron chi connectivity index (χ1n) is 9.62. The highest BCUT2D eigenvalue weighted by molar-refractivity contribution is 6.08. The summed E-state index contributed by atoms with van der Waals surface area (Å²) in [5, 5.41) is 3.73. The van der Waals surface area contributed by atoms with Crippen LogP contribution in [0, 0.1) is 0 Å². The van der Waals surface area contributed by atoms with Gasteiger partial charge < -0.3 is 29.4 Å². The van der Waals surface area contributed by atoms with E-state index in [0.717, 1.165) is 29.9 Å². The number of aromatic nitrogens is 1. The number of carbonyl (C=O) groups excluding carboxylic acids is 1. The van der Waals surface area contributed by atoms with E-state index in [9.17, 15) is 4.79 Å². The van der Waals surface area contributed by atoms with Crippen molar-refractivity contribution in [2.45, 2.75) is 12.8 Å². The average Bonchev–Trinajstić information content (AvgIpc) is 3.43. The first-order chi connectivity index (χ1) is 14.1. The van der Waals surface area contributed by atoms with Crippen LogP contribution in [0.15, 0.2) is 36.4 Å². The molecular formula is C22H25N3O4.